The third-order valence-electron chi connectivity index (χ3n) is 4.69. The van der Waals surface area contributed by atoms with Crippen LogP contribution in [-0.4, -0.2) is 18.5 Å². The average Bonchev–Trinajstić information content (AvgIpc) is 2.55. The van der Waals surface area contributed by atoms with Gasteiger partial charge in [-0.15, -0.1) is 0 Å². The molecule has 132 valence electrons. The molecule has 0 amide bonds. The lowest BCUT2D eigenvalue weighted by Crippen LogP contribution is -2.29. The zero-order valence-corrected chi connectivity index (χ0v) is 15.8. The number of piperidine rings is 1. The number of allylic oxidation sites excluding steroid dienone is 5. The van der Waals surface area contributed by atoms with Gasteiger partial charge < -0.3 is 16.0 Å². The van der Waals surface area contributed by atoms with E-state index in [-0.39, 0.29) is 5.92 Å². The van der Waals surface area contributed by atoms with Crippen LogP contribution >= 0.6 is 0 Å². The lowest BCUT2D eigenvalue weighted by molar-refractivity contribution is 0.429. The topological polar surface area (TPSA) is 41.3 Å². The van der Waals surface area contributed by atoms with Crippen molar-refractivity contribution in [1.82, 2.24) is 10.2 Å². The molecule has 0 saturated carbocycles. The van der Waals surface area contributed by atoms with Gasteiger partial charge in [0.2, 0.25) is 0 Å². The van der Waals surface area contributed by atoms with E-state index in [2.05, 4.69) is 56.0 Å². The number of likely N-dealkylation sites (tertiary alicyclic amines) is 1. The van der Waals surface area contributed by atoms with Crippen LogP contribution in [-0.2, 0) is 0 Å². The Morgan fingerprint density at radius 2 is 2.04 bits per heavy atom. The van der Waals surface area contributed by atoms with E-state index in [0.717, 1.165) is 48.5 Å². The number of nitrogens with zero attached hydrogens (tertiary/aromatic N) is 1. The Hall–Kier alpha value is -2.16. The van der Waals surface area contributed by atoms with Gasteiger partial charge in [0.05, 0.1) is 0 Å². The molecule has 1 atom stereocenters. The first-order valence-electron chi connectivity index (χ1n) is 8.61. The molecule has 0 radical (unpaired) electrons. The fraction of sp³-hybridized carbons (Fsp3) is 0.429. The molecule has 1 saturated heterocycles. The van der Waals surface area contributed by atoms with Gasteiger partial charge in [0.15, 0.2) is 0 Å². The van der Waals surface area contributed by atoms with Gasteiger partial charge in [-0.25, -0.2) is 0 Å². The maximum absolute atomic E-state index is 6.12. The van der Waals surface area contributed by atoms with Crippen molar-refractivity contribution in [1.29, 1.82) is 0 Å². The van der Waals surface area contributed by atoms with Crippen molar-refractivity contribution < 1.29 is 0 Å². The number of hydrogen-bond acceptors (Lipinski definition) is 3. The van der Waals surface area contributed by atoms with E-state index in [1.807, 2.05) is 14.0 Å². The van der Waals surface area contributed by atoms with Gasteiger partial charge in [0, 0.05) is 43.0 Å². The molecule has 24 heavy (non-hydrogen) atoms. The van der Waals surface area contributed by atoms with Gasteiger partial charge in [-0.2, -0.15) is 0 Å². The molecule has 3 heteroatoms. The van der Waals surface area contributed by atoms with Crippen LogP contribution in [0, 0.1) is 5.92 Å². The maximum atomic E-state index is 6.12. The molecule has 0 spiro atoms. The highest BCUT2D eigenvalue weighted by molar-refractivity contribution is 5.45. The van der Waals surface area contributed by atoms with E-state index in [1.165, 1.54) is 11.1 Å². The summed E-state index contributed by atoms with van der Waals surface area (Å²) in [5.41, 5.74) is 13.0. The second-order valence-corrected chi connectivity index (χ2v) is 6.33. The summed E-state index contributed by atoms with van der Waals surface area (Å²) in [4.78, 5) is 2.11. The number of hydrogen-bond donors (Lipinski definition) is 2. The van der Waals surface area contributed by atoms with Crippen molar-refractivity contribution >= 4 is 0 Å². The van der Waals surface area contributed by atoms with Crippen LogP contribution in [0.15, 0.2) is 71.9 Å². The predicted octanol–water partition coefficient (Wildman–Crippen LogP) is 4.60. The number of nitrogens with one attached hydrogen (secondary N) is 1. The molecule has 0 bridgehead atoms. The Morgan fingerprint density at radius 1 is 1.38 bits per heavy atom. The molecule has 0 aromatic rings. The smallest absolute Gasteiger partial charge is 0.0385 e. The Morgan fingerprint density at radius 3 is 2.58 bits per heavy atom. The largest absolute Gasteiger partial charge is 0.402 e. The molecule has 3 nitrogen and oxygen atoms in total. The van der Waals surface area contributed by atoms with E-state index < -0.39 is 0 Å². The summed E-state index contributed by atoms with van der Waals surface area (Å²) in [6.07, 6.45) is 8.98. The Balaban J connectivity index is 3.43. The molecule has 0 aromatic carbocycles. The lowest BCUT2D eigenvalue weighted by atomic mass is 9.81. The second kappa shape index (κ2) is 9.21. The molecule has 1 unspecified atom stereocenters. The third-order valence-corrected chi connectivity index (χ3v) is 4.69. The lowest BCUT2D eigenvalue weighted by Gasteiger charge is -2.38. The SMILES string of the molecule is C=CNCCC(/C(C)=C(\C)N)=C1/CC(=C)N(C)C(=C)C1/C=C/CC. The minimum absolute atomic E-state index is 0.202. The highest BCUT2D eigenvalue weighted by Gasteiger charge is 2.28. The highest BCUT2D eigenvalue weighted by atomic mass is 15.1. The van der Waals surface area contributed by atoms with Gasteiger partial charge in [-0.3, -0.25) is 0 Å². The number of nitrogens with two attached hydrogens (primary N) is 1. The monoisotopic (exact) mass is 327 g/mol. The second-order valence-electron chi connectivity index (χ2n) is 6.33. The van der Waals surface area contributed by atoms with Crippen LogP contribution < -0.4 is 11.1 Å². The molecule has 3 N–H and O–H groups in total. The van der Waals surface area contributed by atoms with Crippen LogP contribution in [0.2, 0.25) is 0 Å². The van der Waals surface area contributed by atoms with Gasteiger partial charge in [-0.1, -0.05) is 38.8 Å². The maximum Gasteiger partial charge on any atom is 0.0385 e. The standard InChI is InChI=1S/C21H33N3/c1-8-10-11-20-18(6)24(7)15(3)14-21(20)19(12-13-23-9-2)16(4)17(5)22/h9-11,20,23H,2-3,6,8,12-14,22H2,1,4-5,7H3/b11-10+,17-16+,21-19+. The minimum atomic E-state index is 0.202. The first-order valence-corrected chi connectivity index (χ1v) is 8.61. The molecule has 1 aliphatic rings. The third kappa shape index (κ3) is 4.67. The molecule has 0 aromatic heterocycles. The molecule has 1 aliphatic heterocycles. The predicted molar refractivity (Wildman–Crippen MR) is 106 cm³/mol. The Bertz CT molecular complexity index is 586. The summed E-state index contributed by atoms with van der Waals surface area (Å²) in [5.74, 6) is 0.202. The number of rotatable bonds is 7. The zero-order valence-electron chi connectivity index (χ0n) is 15.8. The molecule has 1 fully saturated rings. The summed E-state index contributed by atoms with van der Waals surface area (Å²) >= 11 is 0. The van der Waals surface area contributed by atoms with Crippen molar-refractivity contribution in [2.75, 3.05) is 13.6 Å². The van der Waals surface area contributed by atoms with E-state index >= 15 is 0 Å². The van der Waals surface area contributed by atoms with Crippen LogP contribution in [0.4, 0.5) is 0 Å². The first-order chi connectivity index (χ1) is 11.3. The van der Waals surface area contributed by atoms with E-state index in [4.69, 9.17) is 5.73 Å². The molecule has 1 rings (SSSR count). The van der Waals surface area contributed by atoms with E-state index in [0.29, 0.717) is 0 Å². The Kier molecular flexibility index (Phi) is 7.63. The van der Waals surface area contributed by atoms with Crippen molar-refractivity contribution in [2.45, 2.75) is 40.0 Å². The zero-order chi connectivity index (χ0) is 18.3. The van der Waals surface area contributed by atoms with Crippen LogP contribution in [0.5, 0.6) is 0 Å². The summed E-state index contributed by atoms with van der Waals surface area (Å²) in [6, 6.07) is 0. The van der Waals surface area contributed by atoms with Crippen LogP contribution in [0.3, 0.4) is 0 Å². The molecule has 0 aliphatic carbocycles. The van der Waals surface area contributed by atoms with Crippen LogP contribution in [0.1, 0.15) is 40.0 Å². The Labute approximate surface area is 148 Å². The molecule has 1 heterocycles. The van der Waals surface area contributed by atoms with Crippen LogP contribution in [0.25, 0.3) is 0 Å². The average molecular weight is 328 g/mol. The fourth-order valence-corrected chi connectivity index (χ4v) is 2.98. The van der Waals surface area contributed by atoms with Gasteiger partial charge in [-0.05, 0) is 49.6 Å². The van der Waals surface area contributed by atoms with Crippen molar-refractivity contribution in [3.8, 4) is 0 Å². The van der Waals surface area contributed by atoms with Crippen molar-refractivity contribution in [3.63, 3.8) is 0 Å². The van der Waals surface area contributed by atoms with E-state index in [9.17, 15) is 0 Å². The minimum Gasteiger partial charge on any atom is -0.402 e. The molecular formula is C21H33N3. The molecular weight excluding hydrogens is 294 g/mol. The summed E-state index contributed by atoms with van der Waals surface area (Å²) < 4.78 is 0. The first kappa shape index (κ1) is 19.9. The fourth-order valence-electron chi connectivity index (χ4n) is 2.98. The highest BCUT2D eigenvalue weighted by Crippen LogP contribution is 2.40. The van der Waals surface area contributed by atoms with Gasteiger partial charge in [0.25, 0.3) is 0 Å². The summed E-state index contributed by atoms with van der Waals surface area (Å²) in [7, 11) is 2.05. The quantitative estimate of drug-likeness (QED) is 0.530. The van der Waals surface area contributed by atoms with Gasteiger partial charge in [0.1, 0.15) is 0 Å². The van der Waals surface area contributed by atoms with Crippen molar-refractivity contribution in [2.24, 2.45) is 11.7 Å². The van der Waals surface area contributed by atoms with Gasteiger partial charge >= 0.3 is 0 Å². The van der Waals surface area contributed by atoms with E-state index in [1.54, 1.807) is 6.20 Å². The summed E-state index contributed by atoms with van der Waals surface area (Å²) in [5, 5.41) is 3.19. The normalized spacial score (nSPS) is 21.8. The van der Waals surface area contributed by atoms with Crippen molar-refractivity contribution in [3.05, 3.63) is 71.9 Å². The summed E-state index contributed by atoms with van der Waals surface area (Å²) in [6.45, 7) is 19.3.